The quantitative estimate of drug-likeness (QED) is 0.137. The van der Waals surface area contributed by atoms with Crippen molar-refractivity contribution in [3.05, 3.63) is 218 Å². The predicted octanol–water partition coefficient (Wildman–Crippen LogP) is 13.3. The molecule has 7 aromatic carbocycles. The lowest BCUT2D eigenvalue weighted by atomic mass is 10.00. The Morgan fingerprint density at radius 2 is 0.919 bits per heavy atom. The summed E-state index contributed by atoms with van der Waals surface area (Å²) in [6.45, 7) is 0.372. The number of hydrogen-bond acceptors (Lipinski definition) is 7. The minimum absolute atomic E-state index is 0. The number of ether oxygens (including phenoxy) is 2. The summed E-state index contributed by atoms with van der Waals surface area (Å²) >= 11 is 12.6. The third kappa shape index (κ3) is 12.7. The molecule has 0 saturated heterocycles. The summed E-state index contributed by atoms with van der Waals surface area (Å²) in [6, 6.07) is 39.5. The molecule has 2 heterocycles. The van der Waals surface area contributed by atoms with Crippen molar-refractivity contribution in [3.8, 4) is 17.2 Å². The fourth-order valence-electron chi connectivity index (χ4n) is 8.28. The number of carbonyl (C=O) groups excluding carboxylic acids is 2. The van der Waals surface area contributed by atoms with Gasteiger partial charge >= 0.3 is 12.4 Å². The van der Waals surface area contributed by atoms with Crippen LogP contribution in [0.3, 0.4) is 0 Å². The van der Waals surface area contributed by atoms with Crippen LogP contribution in [0.4, 0.5) is 37.7 Å². The van der Waals surface area contributed by atoms with Gasteiger partial charge in [-0.1, -0.05) is 59.6 Å². The summed E-state index contributed by atoms with van der Waals surface area (Å²) in [5, 5.41) is 10.6. The van der Waals surface area contributed by atoms with Gasteiger partial charge in [0.1, 0.15) is 35.9 Å². The highest BCUT2D eigenvalue weighted by atomic mass is 35.5. The fraction of sp³-hybridized carbons (Fsp3) is 0.179. The fourth-order valence-corrected chi connectivity index (χ4v) is 8.62. The number of phenolic OH excluding ortho intramolecular Hbond substituents is 1. The zero-order valence-corrected chi connectivity index (χ0v) is 41.9. The van der Waals surface area contributed by atoms with Gasteiger partial charge in [-0.25, -0.2) is 0 Å². The van der Waals surface area contributed by atoms with Crippen molar-refractivity contribution in [1.82, 2.24) is 0 Å². The first-order valence-electron chi connectivity index (χ1n) is 22.5. The van der Waals surface area contributed by atoms with Gasteiger partial charge in [0.2, 0.25) is 0 Å². The molecule has 2 aliphatic rings. The lowest BCUT2D eigenvalue weighted by Crippen LogP contribution is -2.36. The van der Waals surface area contributed by atoms with Crippen molar-refractivity contribution in [2.24, 2.45) is 9.98 Å². The Morgan fingerprint density at radius 3 is 1.31 bits per heavy atom. The van der Waals surface area contributed by atoms with E-state index in [9.17, 15) is 41.0 Å². The molecule has 0 saturated carbocycles. The van der Waals surface area contributed by atoms with E-state index in [0.717, 1.165) is 41.1 Å². The van der Waals surface area contributed by atoms with Crippen LogP contribution in [0, 0.1) is 0 Å². The number of methoxy groups -OCH3 is 1. The summed E-state index contributed by atoms with van der Waals surface area (Å²) in [5.41, 5.74) is 5.67. The van der Waals surface area contributed by atoms with E-state index >= 15 is 0 Å². The molecule has 0 bridgehead atoms. The summed E-state index contributed by atoms with van der Waals surface area (Å²) in [6.07, 6.45) is -8.60. The third-order valence-corrected chi connectivity index (χ3v) is 12.7. The Bertz CT molecular complexity index is 3190. The van der Waals surface area contributed by atoms with E-state index in [-0.39, 0.29) is 42.8 Å². The second kappa shape index (κ2) is 22.8. The smallest absolute Gasteiger partial charge is 0.416 e. The van der Waals surface area contributed by atoms with E-state index in [1.807, 2.05) is 48.5 Å². The van der Waals surface area contributed by atoms with Gasteiger partial charge in [-0.05, 0) is 138 Å². The van der Waals surface area contributed by atoms with Crippen molar-refractivity contribution in [3.63, 3.8) is 0 Å². The molecule has 0 aromatic heterocycles. The van der Waals surface area contributed by atoms with E-state index in [1.165, 1.54) is 46.2 Å². The molecule has 2 atom stereocenters. The number of phenols is 1. The molecule has 7 aromatic rings. The number of nitrogens with zero attached hydrogens (tertiary/aromatic N) is 4. The molecule has 0 spiro atoms. The van der Waals surface area contributed by atoms with Crippen LogP contribution in [0.5, 0.6) is 17.2 Å². The molecule has 1 N–H and O–H groups in total. The Morgan fingerprint density at radius 1 is 0.541 bits per heavy atom. The second-order valence-corrected chi connectivity index (χ2v) is 18.0. The molecule has 2 amide bonds. The molecule has 2 unspecified atom stereocenters. The number of halogens is 9. The Kier molecular flexibility index (Phi) is 16.8. The molecule has 382 valence electrons. The van der Waals surface area contributed by atoms with Crippen molar-refractivity contribution in [1.29, 1.82) is 0 Å². The summed E-state index contributed by atoms with van der Waals surface area (Å²) in [7, 11) is 4.90. The number of benzene rings is 7. The van der Waals surface area contributed by atoms with Crippen molar-refractivity contribution in [2.45, 2.75) is 43.9 Å². The minimum Gasteiger partial charge on any atom is -0.508 e. The number of aliphatic imine (C=N–C) groups is 2. The normalized spacial score (nSPS) is 15.5. The average Bonchev–Trinajstić information content (AvgIpc) is 3.53. The zero-order chi connectivity index (χ0) is 52.2. The maximum Gasteiger partial charge on any atom is 0.416 e. The second-order valence-electron chi connectivity index (χ2n) is 17.1. The molecular weight excluding hydrogens is 1030 g/mol. The standard InChI is InChI=1S/C32H26ClF3N2O3.C24H18ClF3N2O2.ClH/c1-38-29-16-11-24(33)18-27(29)30(37-28(31(38)39)17-20-3-9-23(10-4-20)32(34,35)36)22-7-14-26(15-8-22)41-19-21-5-12-25(40-2)13-6-21;1-30-21-11-8-17(25)13-19(21)22(15-4-9-18(31)10-5-15)29-20(23(30)32)12-14-2-6-16(7-3-14)24(26,27)28;/h3-16,18,28H,17,19H2,1-2H3;2-11,13,20,31H,12H2,1H3;1H. The van der Waals surface area contributed by atoms with E-state index in [2.05, 4.69) is 0 Å². The maximum absolute atomic E-state index is 13.5. The van der Waals surface area contributed by atoms with Crippen LogP contribution >= 0.6 is 35.6 Å². The van der Waals surface area contributed by atoms with Gasteiger partial charge in [-0.3, -0.25) is 19.6 Å². The zero-order valence-electron chi connectivity index (χ0n) is 39.6. The van der Waals surface area contributed by atoms with Gasteiger partial charge in [0.25, 0.3) is 11.8 Å². The molecule has 0 radical (unpaired) electrons. The predicted molar refractivity (Wildman–Crippen MR) is 278 cm³/mol. The Labute approximate surface area is 438 Å². The lowest BCUT2D eigenvalue weighted by Gasteiger charge is -2.20. The number of aromatic hydroxyl groups is 1. The Balaban J connectivity index is 0.000000220. The minimum atomic E-state index is -4.44. The number of rotatable bonds is 10. The molecule has 0 aliphatic carbocycles. The molecule has 9 nitrogen and oxygen atoms in total. The summed E-state index contributed by atoms with van der Waals surface area (Å²) in [4.78, 5) is 39.3. The van der Waals surface area contributed by atoms with Gasteiger partial charge in [0.15, 0.2) is 0 Å². The molecule has 9 rings (SSSR count). The number of carbonyl (C=O) groups is 2. The molecule has 0 fully saturated rings. The topological polar surface area (TPSA) is 104 Å². The van der Waals surface area contributed by atoms with Gasteiger partial charge in [-0.15, -0.1) is 12.4 Å². The van der Waals surface area contributed by atoms with E-state index in [1.54, 1.807) is 69.7 Å². The van der Waals surface area contributed by atoms with Gasteiger partial charge < -0.3 is 24.4 Å². The lowest BCUT2D eigenvalue weighted by molar-refractivity contribution is -0.138. The number of alkyl halides is 6. The first-order valence-corrected chi connectivity index (χ1v) is 23.3. The highest BCUT2D eigenvalue weighted by Crippen LogP contribution is 2.35. The SMILES string of the molecule is CN1C(=O)C(Cc2ccc(C(F)(F)F)cc2)N=C(c2ccc(O)cc2)c2cc(Cl)ccc21.COc1ccc(COc2ccc(C3=NC(Cc4ccc(C(F)(F)F)cc4)C(=O)N(C)c4ccc(Cl)cc43)cc2)cc1.Cl. The van der Waals surface area contributed by atoms with Crippen LogP contribution in [-0.2, 0) is 41.4 Å². The number of amides is 2. The monoisotopic (exact) mass is 1070 g/mol. The first kappa shape index (κ1) is 54.4. The Hall–Kier alpha value is -7.33. The van der Waals surface area contributed by atoms with Gasteiger partial charge in [-0.2, -0.15) is 26.3 Å². The van der Waals surface area contributed by atoms with Gasteiger partial charge in [0, 0.05) is 59.2 Å². The number of hydrogen-bond donors (Lipinski definition) is 1. The van der Waals surface area contributed by atoms with Crippen LogP contribution in [0.2, 0.25) is 10.0 Å². The van der Waals surface area contributed by atoms with Crippen LogP contribution in [0.1, 0.15) is 50.1 Å². The van der Waals surface area contributed by atoms with Crippen molar-refractivity contribution >= 4 is 70.2 Å². The molecule has 2 aliphatic heterocycles. The first-order chi connectivity index (χ1) is 34.7. The van der Waals surface area contributed by atoms with Crippen LogP contribution in [0.25, 0.3) is 0 Å². The number of fused-ring (bicyclic) bond motifs is 2. The third-order valence-electron chi connectivity index (χ3n) is 12.2. The average molecular weight is 1070 g/mol. The van der Waals surface area contributed by atoms with Crippen LogP contribution < -0.4 is 19.3 Å². The van der Waals surface area contributed by atoms with E-state index in [0.29, 0.717) is 73.0 Å². The molecule has 18 heteroatoms. The number of likely N-dealkylation sites (N-methyl/N-ethyl adjacent to an activating group) is 2. The van der Waals surface area contributed by atoms with Crippen molar-refractivity contribution < 1.29 is 50.5 Å². The highest BCUT2D eigenvalue weighted by Gasteiger charge is 2.34. The number of benzodiazepines with no additional fused rings is 2. The van der Waals surface area contributed by atoms with E-state index < -0.39 is 35.6 Å². The largest absolute Gasteiger partial charge is 0.508 e. The molecular formula is C56H45Cl3F6N4O5. The van der Waals surface area contributed by atoms with Crippen molar-refractivity contribution in [2.75, 3.05) is 31.0 Å². The summed E-state index contributed by atoms with van der Waals surface area (Å²) in [5.74, 6) is 0.942. The molecule has 74 heavy (non-hydrogen) atoms. The summed E-state index contributed by atoms with van der Waals surface area (Å²) < 4.78 is 88.9. The van der Waals surface area contributed by atoms with Crippen LogP contribution in [-0.4, -0.2) is 61.6 Å². The van der Waals surface area contributed by atoms with Crippen LogP contribution in [0.15, 0.2) is 168 Å². The maximum atomic E-state index is 13.5. The number of anilines is 2. The van der Waals surface area contributed by atoms with E-state index in [4.69, 9.17) is 42.7 Å². The highest BCUT2D eigenvalue weighted by molar-refractivity contribution is 6.32. The van der Waals surface area contributed by atoms with Gasteiger partial charge in [0.05, 0.1) is 41.0 Å².